The van der Waals surface area contributed by atoms with Gasteiger partial charge in [-0.2, -0.15) is 5.10 Å². The van der Waals surface area contributed by atoms with Gasteiger partial charge in [-0.3, -0.25) is 5.32 Å². The average molecular weight is 450 g/mol. The number of hydrogen-bond acceptors (Lipinski definition) is 5. The maximum Gasteiger partial charge on any atom is 0.324 e. The number of carbonyl (C=O) groups is 1. The fraction of sp³-hybridized carbons (Fsp3) is 0.348. The van der Waals surface area contributed by atoms with Gasteiger partial charge in [0.15, 0.2) is 0 Å². The van der Waals surface area contributed by atoms with Crippen LogP contribution in [-0.4, -0.2) is 55.0 Å². The molecular formula is C23H31N7OSi. The van der Waals surface area contributed by atoms with E-state index in [0.717, 1.165) is 43.0 Å². The molecule has 0 unspecified atom stereocenters. The molecule has 2 aromatic heterocycles. The predicted octanol–water partition coefficient (Wildman–Crippen LogP) is 3.17. The first-order chi connectivity index (χ1) is 15.3. The summed E-state index contributed by atoms with van der Waals surface area (Å²) in [5.41, 5.74) is 2.74. The lowest BCUT2D eigenvalue weighted by molar-refractivity contribution is 0.262. The van der Waals surface area contributed by atoms with E-state index in [4.69, 9.17) is 5.10 Å². The summed E-state index contributed by atoms with van der Waals surface area (Å²) >= 11 is 0. The Balaban J connectivity index is 1.49. The number of hydrogen-bond donors (Lipinski definition) is 3. The summed E-state index contributed by atoms with van der Waals surface area (Å²) in [6.45, 7) is 12.6. The third-order valence-electron chi connectivity index (χ3n) is 5.44. The summed E-state index contributed by atoms with van der Waals surface area (Å²) in [5, 5.41) is 15.0. The maximum atomic E-state index is 12.8. The van der Waals surface area contributed by atoms with E-state index in [9.17, 15) is 4.79 Å². The lowest BCUT2D eigenvalue weighted by Gasteiger charge is -2.28. The van der Waals surface area contributed by atoms with E-state index in [0.29, 0.717) is 11.5 Å². The molecule has 2 amide bonds. The molecule has 3 N–H and O–H groups in total. The minimum atomic E-state index is -1.66. The molecule has 0 atom stereocenters. The number of rotatable bonds is 5. The highest BCUT2D eigenvalue weighted by Crippen LogP contribution is 2.18. The Morgan fingerprint density at radius 1 is 1.03 bits per heavy atom. The van der Waals surface area contributed by atoms with E-state index in [2.05, 4.69) is 52.4 Å². The zero-order chi connectivity index (χ0) is 22.7. The third kappa shape index (κ3) is 5.17. The van der Waals surface area contributed by atoms with E-state index >= 15 is 0 Å². The molecule has 0 spiro atoms. The van der Waals surface area contributed by atoms with Gasteiger partial charge in [0.1, 0.15) is 19.7 Å². The normalized spacial score (nSPS) is 14.3. The minimum absolute atomic E-state index is 0.322. The number of urea groups is 1. The van der Waals surface area contributed by atoms with Crippen LogP contribution in [0.15, 0.2) is 48.7 Å². The SMILES string of the molecule is Cc1ccc(-n2nc([Si](C)(C)C)cc2NC(=O)Nc2ccc(N3CCNCC3)nc2)cc1. The summed E-state index contributed by atoms with van der Waals surface area (Å²) < 4.78 is 1.80. The van der Waals surface area contributed by atoms with Crippen molar-refractivity contribution in [3.63, 3.8) is 0 Å². The zero-order valence-corrected chi connectivity index (χ0v) is 20.1. The highest BCUT2D eigenvalue weighted by molar-refractivity contribution is 6.88. The quantitative estimate of drug-likeness (QED) is 0.521. The van der Waals surface area contributed by atoms with Crippen LogP contribution in [0.4, 0.5) is 22.1 Å². The van der Waals surface area contributed by atoms with E-state index < -0.39 is 8.07 Å². The van der Waals surface area contributed by atoms with E-state index in [1.807, 2.05) is 42.5 Å². The van der Waals surface area contributed by atoms with Crippen LogP contribution in [-0.2, 0) is 0 Å². The van der Waals surface area contributed by atoms with Crippen molar-refractivity contribution in [3.8, 4) is 5.69 Å². The van der Waals surface area contributed by atoms with Gasteiger partial charge in [0, 0.05) is 31.5 Å². The van der Waals surface area contributed by atoms with Crippen molar-refractivity contribution in [2.45, 2.75) is 26.6 Å². The number of nitrogens with one attached hydrogen (secondary N) is 3. The number of carbonyl (C=O) groups excluding carboxylic acids is 1. The van der Waals surface area contributed by atoms with E-state index in [-0.39, 0.29) is 6.03 Å². The van der Waals surface area contributed by atoms with Crippen molar-refractivity contribution in [1.29, 1.82) is 0 Å². The van der Waals surface area contributed by atoms with Crippen molar-refractivity contribution in [1.82, 2.24) is 20.1 Å². The molecule has 1 saturated heterocycles. The monoisotopic (exact) mass is 449 g/mol. The Hall–Kier alpha value is -3.17. The van der Waals surface area contributed by atoms with Gasteiger partial charge in [-0.1, -0.05) is 37.3 Å². The van der Waals surface area contributed by atoms with Crippen molar-refractivity contribution >= 4 is 36.7 Å². The van der Waals surface area contributed by atoms with E-state index in [1.54, 1.807) is 10.9 Å². The van der Waals surface area contributed by atoms with Gasteiger partial charge in [0.05, 0.1) is 17.6 Å². The van der Waals surface area contributed by atoms with Crippen molar-refractivity contribution in [2.75, 3.05) is 41.7 Å². The fourth-order valence-electron chi connectivity index (χ4n) is 3.54. The lowest BCUT2D eigenvalue weighted by atomic mass is 10.2. The summed E-state index contributed by atoms with van der Waals surface area (Å²) in [7, 11) is -1.66. The van der Waals surface area contributed by atoms with Gasteiger partial charge in [-0.05, 0) is 37.3 Å². The van der Waals surface area contributed by atoms with Crippen LogP contribution < -0.4 is 26.2 Å². The van der Waals surface area contributed by atoms with Gasteiger partial charge >= 0.3 is 6.03 Å². The van der Waals surface area contributed by atoms with E-state index in [1.165, 1.54) is 5.56 Å². The number of amides is 2. The highest BCUT2D eigenvalue weighted by Gasteiger charge is 2.23. The summed E-state index contributed by atoms with van der Waals surface area (Å²) in [6.07, 6.45) is 1.70. The van der Waals surface area contributed by atoms with Crippen LogP contribution >= 0.6 is 0 Å². The standard InChI is InChI=1S/C23H31N7OSi/c1-17-5-8-19(9-6-17)30-21(15-22(28-30)32(2,3)4)27-23(31)26-18-7-10-20(25-16-18)29-13-11-24-12-14-29/h5-10,15-16,24H,11-14H2,1-4H3,(H2,26,27,31). The van der Waals surface area contributed by atoms with Crippen molar-refractivity contribution in [2.24, 2.45) is 0 Å². The fourth-order valence-corrected chi connectivity index (χ4v) is 4.51. The Morgan fingerprint density at radius 3 is 2.38 bits per heavy atom. The molecule has 1 aromatic carbocycles. The van der Waals surface area contributed by atoms with Gasteiger partial charge < -0.3 is 15.5 Å². The molecule has 1 aliphatic heterocycles. The number of aromatic nitrogens is 3. The van der Waals surface area contributed by atoms with Crippen LogP contribution in [0, 0.1) is 6.92 Å². The topological polar surface area (TPSA) is 87.1 Å². The number of aryl methyl sites for hydroxylation is 1. The molecule has 4 rings (SSSR count). The summed E-state index contributed by atoms with van der Waals surface area (Å²) in [6, 6.07) is 13.6. The maximum absolute atomic E-state index is 12.8. The molecule has 9 heteroatoms. The van der Waals surface area contributed by atoms with Crippen LogP contribution in [0.25, 0.3) is 5.69 Å². The first-order valence-electron chi connectivity index (χ1n) is 11.0. The Morgan fingerprint density at radius 2 is 1.75 bits per heavy atom. The molecule has 8 nitrogen and oxygen atoms in total. The Bertz CT molecular complexity index is 1070. The molecule has 32 heavy (non-hydrogen) atoms. The van der Waals surface area contributed by atoms with Crippen molar-refractivity contribution in [3.05, 3.63) is 54.2 Å². The molecule has 168 valence electrons. The molecule has 0 bridgehead atoms. The van der Waals surface area contributed by atoms with Crippen LogP contribution in [0.1, 0.15) is 5.56 Å². The van der Waals surface area contributed by atoms with Gasteiger partial charge in [0.2, 0.25) is 0 Å². The van der Waals surface area contributed by atoms with Gasteiger partial charge in [-0.15, -0.1) is 0 Å². The second-order valence-electron chi connectivity index (χ2n) is 9.13. The molecular weight excluding hydrogens is 418 g/mol. The number of benzene rings is 1. The Kier molecular flexibility index (Phi) is 6.29. The van der Waals surface area contributed by atoms with Crippen LogP contribution in [0.2, 0.25) is 19.6 Å². The molecule has 3 heterocycles. The van der Waals surface area contributed by atoms with Gasteiger partial charge in [0.25, 0.3) is 0 Å². The predicted molar refractivity (Wildman–Crippen MR) is 133 cm³/mol. The molecule has 0 saturated carbocycles. The number of anilines is 3. The third-order valence-corrected chi connectivity index (χ3v) is 7.23. The number of nitrogens with zero attached hydrogens (tertiary/aromatic N) is 4. The minimum Gasteiger partial charge on any atom is -0.354 e. The largest absolute Gasteiger partial charge is 0.354 e. The average Bonchev–Trinajstić information content (AvgIpc) is 3.19. The molecule has 3 aromatic rings. The smallest absolute Gasteiger partial charge is 0.324 e. The zero-order valence-electron chi connectivity index (χ0n) is 19.1. The highest BCUT2D eigenvalue weighted by atomic mass is 28.3. The van der Waals surface area contributed by atoms with Crippen molar-refractivity contribution < 1.29 is 4.79 Å². The molecule has 1 aliphatic rings. The molecule has 0 aliphatic carbocycles. The van der Waals surface area contributed by atoms with Crippen LogP contribution in [0.3, 0.4) is 0 Å². The van der Waals surface area contributed by atoms with Crippen LogP contribution in [0.5, 0.6) is 0 Å². The first kappa shape index (κ1) is 22.0. The second kappa shape index (κ2) is 9.13. The molecule has 1 fully saturated rings. The Labute approximate surface area is 190 Å². The number of piperazine rings is 1. The number of pyridine rings is 1. The summed E-state index contributed by atoms with van der Waals surface area (Å²) in [4.78, 5) is 19.5. The van der Waals surface area contributed by atoms with Gasteiger partial charge in [-0.25, -0.2) is 14.5 Å². The summed E-state index contributed by atoms with van der Waals surface area (Å²) in [5.74, 6) is 1.57. The first-order valence-corrected chi connectivity index (χ1v) is 14.5. The molecule has 0 radical (unpaired) electrons. The second-order valence-corrected chi connectivity index (χ2v) is 14.1. The lowest BCUT2D eigenvalue weighted by Crippen LogP contribution is -2.43.